The maximum atomic E-state index is 11.4. The molecule has 1 heterocycles. The Morgan fingerprint density at radius 2 is 1.58 bits per heavy atom. The van der Waals surface area contributed by atoms with Crippen molar-refractivity contribution >= 4 is 32.4 Å². The molecule has 0 spiro atoms. The Balaban J connectivity index is 1.76. The van der Waals surface area contributed by atoms with Gasteiger partial charge in [-0.05, 0) is 38.8 Å². The van der Waals surface area contributed by atoms with Crippen LogP contribution in [0.5, 0.6) is 0 Å². The van der Waals surface area contributed by atoms with E-state index in [0.717, 1.165) is 33.3 Å². The summed E-state index contributed by atoms with van der Waals surface area (Å²) in [5.74, 6) is 0.581. The number of hydrogen-bond acceptors (Lipinski definition) is 3. The van der Waals surface area contributed by atoms with Crippen molar-refractivity contribution in [2.24, 2.45) is 0 Å². The zero-order valence-electron chi connectivity index (χ0n) is 16.2. The van der Waals surface area contributed by atoms with E-state index in [4.69, 9.17) is 4.98 Å². The zero-order valence-corrected chi connectivity index (χ0v) is 17.8. The molecular formula is C25H16BrN3O2. The summed E-state index contributed by atoms with van der Waals surface area (Å²) < 4.78 is 0.436. The largest absolute Gasteiger partial charge is 0.337 e. The number of nitro groups is 1. The Kier molecular flexibility index (Phi) is 4.84. The van der Waals surface area contributed by atoms with Gasteiger partial charge in [0.2, 0.25) is 0 Å². The SMILES string of the molecule is O=[N+]([O-])c1cc(-c2nc(-c3ccccc3)c(-c3cccc4ccccc34)[nH]2)ccc1Br. The number of aromatic amines is 1. The van der Waals surface area contributed by atoms with Crippen molar-refractivity contribution in [3.63, 3.8) is 0 Å². The van der Waals surface area contributed by atoms with E-state index >= 15 is 0 Å². The van der Waals surface area contributed by atoms with E-state index in [9.17, 15) is 10.1 Å². The van der Waals surface area contributed by atoms with Crippen LogP contribution in [0.2, 0.25) is 0 Å². The fraction of sp³-hybridized carbons (Fsp3) is 0. The van der Waals surface area contributed by atoms with E-state index in [-0.39, 0.29) is 5.69 Å². The predicted octanol–water partition coefficient (Wildman–Crippen LogP) is 7.23. The minimum atomic E-state index is -0.403. The molecule has 0 aliphatic carbocycles. The number of halogens is 1. The number of fused-ring (bicyclic) bond motifs is 1. The molecule has 6 heteroatoms. The number of H-pyrrole nitrogens is 1. The smallest absolute Gasteiger partial charge is 0.284 e. The molecule has 1 aromatic heterocycles. The van der Waals surface area contributed by atoms with Crippen LogP contribution >= 0.6 is 15.9 Å². The van der Waals surface area contributed by atoms with Gasteiger partial charge in [0, 0.05) is 22.8 Å². The third kappa shape index (κ3) is 3.51. The molecule has 5 aromatic rings. The van der Waals surface area contributed by atoms with Crippen molar-refractivity contribution in [2.45, 2.75) is 0 Å². The molecule has 0 radical (unpaired) electrons. The number of nitro benzene ring substituents is 1. The lowest BCUT2D eigenvalue weighted by Crippen LogP contribution is -1.91. The van der Waals surface area contributed by atoms with Crippen LogP contribution in [-0.4, -0.2) is 14.9 Å². The summed E-state index contributed by atoms with van der Waals surface area (Å²) in [5.41, 5.74) is 4.34. The maximum Gasteiger partial charge on any atom is 0.284 e. The number of benzene rings is 4. The van der Waals surface area contributed by atoms with Crippen LogP contribution in [-0.2, 0) is 0 Å². The molecule has 4 aromatic carbocycles. The molecule has 0 aliphatic heterocycles. The quantitative estimate of drug-likeness (QED) is 0.222. The number of nitrogens with one attached hydrogen (secondary N) is 1. The molecule has 0 aliphatic rings. The van der Waals surface area contributed by atoms with Crippen LogP contribution in [0.15, 0.2) is 95.5 Å². The molecule has 0 fully saturated rings. The summed E-state index contributed by atoms with van der Waals surface area (Å²) in [5, 5.41) is 13.7. The number of hydrogen-bond donors (Lipinski definition) is 1. The van der Waals surface area contributed by atoms with Crippen molar-refractivity contribution in [1.29, 1.82) is 0 Å². The number of imidazole rings is 1. The molecule has 0 amide bonds. The highest BCUT2D eigenvalue weighted by Gasteiger charge is 2.19. The second-order valence-corrected chi connectivity index (χ2v) is 7.98. The highest BCUT2D eigenvalue weighted by atomic mass is 79.9. The average Bonchev–Trinajstić information content (AvgIpc) is 3.24. The molecule has 0 unspecified atom stereocenters. The first-order chi connectivity index (χ1) is 15.1. The molecule has 0 saturated heterocycles. The lowest BCUT2D eigenvalue weighted by Gasteiger charge is -2.07. The van der Waals surface area contributed by atoms with Gasteiger partial charge in [-0.1, -0.05) is 72.8 Å². The van der Waals surface area contributed by atoms with Crippen LogP contribution < -0.4 is 0 Å². The van der Waals surface area contributed by atoms with Crippen LogP contribution in [0.4, 0.5) is 5.69 Å². The van der Waals surface area contributed by atoms with Crippen molar-refractivity contribution in [2.75, 3.05) is 0 Å². The summed E-state index contributed by atoms with van der Waals surface area (Å²) >= 11 is 3.25. The van der Waals surface area contributed by atoms with Crippen molar-refractivity contribution in [3.05, 3.63) is 106 Å². The summed E-state index contributed by atoms with van der Waals surface area (Å²) in [6.07, 6.45) is 0. The van der Waals surface area contributed by atoms with Gasteiger partial charge in [-0.2, -0.15) is 0 Å². The topological polar surface area (TPSA) is 71.8 Å². The second kappa shape index (κ2) is 7.81. The maximum absolute atomic E-state index is 11.4. The average molecular weight is 470 g/mol. The lowest BCUT2D eigenvalue weighted by atomic mass is 9.99. The second-order valence-electron chi connectivity index (χ2n) is 7.13. The van der Waals surface area contributed by atoms with Crippen LogP contribution in [0.25, 0.3) is 44.7 Å². The van der Waals surface area contributed by atoms with Gasteiger partial charge in [-0.3, -0.25) is 10.1 Å². The summed E-state index contributed by atoms with van der Waals surface area (Å²) in [6.45, 7) is 0. The van der Waals surface area contributed by atoms with Crippen LogP contribution in [0.3, 0.4) is 0 Å². The Bertz CT molecular complexity index is 1420. The Morgan fingerprint density at radius 3 is 2.39 bits per heavy atom. The van der Waals surface area contributed by atoms with E-state index in [1.807, 2.05) is 54.6 Å². The highest BCUT2D eigenvalue weighted by molar-refractivity contribution is 9.10. The zero-order chi connectivity index (χ0) is 21.4. The van der Waals surface area contributed by atoms with Gasteiger partial charge in [-0.15, -0.1) is 0 Å². The van der Waals surface area contributed by atoms with Crippen LogP contribution in [0, 0.1) is 10.1 Å². The van der Waals surface area contributed by atoms with Gasteiger partial charge in [0.05, 0.1) is 20.8 Å². The molecule has 0 atom stereocenters. The minimum absolute atomic E-state index is 0.00173. The molecule has 5 nitrogen and oxygen atoms in total. The third-order valence-electron chi connectivity index (χ3n) is 5.23. The highest BCUT2D eigenvalue weighted by Crippen LogP contribution is 2.37. The van der Waals surface area contributed by atoms with Crippen molar-refractivity contribution < 1.29 is 4.92 Å². The van der Waals surface area contributed by atoms with Gasteiger partial charge in [0.1, 0.15) is 5.82 Å². The molecule has 150 valence electrons. The minimum Gasteiger partial charge on any atom is -0.337 e. The van der Waals surface area contributed by atoms with Gasteiger partial charge in [0.25, 0.3) is 5.69 Å². The van der Waals surface area contributed by atoms with E-state index < -0.39 is 4.92 Å². The Morgan fingerprint density at radius 1 is 0.839 bits per heavy atom. The summed E-state index contributed by atoms with van der Waals surface area (Å²) in [4.78, 5) is 19.3. The Labute approximate surface area is 186 Å². The molecule has 31 heavy (non-hydrogen) atoms. The standard InChI is InChI=1S/C25H16BrN3O2/c26-21-14-13-18(15-22(21)29(30)31)25-27-23(17-8-2-1-3-9-17)24(28-25)20-12-6-10-16-7-4-5-11-19(16)20/h1-15H,(H,27,28). The van der Waals surface area contributed by atoms with Gasteiger partial charge in [0.15, 0.2) is 0 Å². The number of nitrogens with zero attached hydrogens (tertiary/aromatic N) is 2. The van der Waals surface area contributed by atoms with Gasteiger partial charge in [-0.25, -0.2) is 4.98 Å². The van der Waals surface area contributed by atoms with E-state index in [0.29, 0.717) is 15.9 Å². The normalized spacial score (nSPS) is 11.0. The summed E-state index contributed by atoms with van der Waals surface area (Å²) in [7, 11) is 0. The first-order valence-corrected chi connectivity index (χ1v) is 10.5. The predicted molar refractivity (Wildman–Crippen MR) is 127 cm³/mol. The number of rotatable bonds is 4. The fourth-order valence-corrected chi connectivity index (χ4v) is 4.14. The van der Waals surface area contributed by atoms with E-state index in [2.05, 4.69) is 45.2 Å². The van der Waals surface area contributed by atoms with Crippen molar-refractivity contribution in [3.8, 4) is 33.9 Å². The monoisotopic (exact) mass is 469 g/mol. The third-order valence-corrected chi connectivity index (χ3v) is 5.90. The first-order valence-electron chi connectivity index (χ1n) is 9.70. The molecular weight excluding hydrogens is 454 g/mol. The number of aromatic nitrogens is 2. The molecule has 0 bridgehead atoms. The molecule has 0 saturated carbocycles. The van der Waals surface area contributed by atoms with E-state index in [1.54, 1.807) is 6.07 Å². The summed E-state index contributed by atoms with van der Waals surface area (Å²) in [6, 6.07) is 29.3. The van der Waals surface area contributed by atoms with E-state index in [1.165, 1.54) is 6.07 Å². The van der Waals surface area contributed by atoms with Gasteiger partial charge < -0.3 is 4.98 Å². The van der Waals surface area contributed by atoms with Crippen molar-refractivity contribution in [1.82, 2.24) is 9.97 Å². The lowest BCUT2D eigenvalue weighted by molar-refractivity contribution is -0.385. The fourth-order valence-electron chi connectivity index (χ4n) is 3.75. The van der Waals surface area contributed by atoms with Crippen LogP contribution in [0.1, 0.15) is 0 Å². The Hall–Kier alpha value is -3.77. The van der Waals surface area contributed by atoms with Gasteiger partial charge >= 0.3 is 0 Å². The molecule has 1 N–H and O–H groups in total. The molecule has 5 rings (SSSR count). The first kappa shape index (κ1) is 19.2.